The van der Waals surface area contributed by atoms with Crippen LogP contribution in [0.4, 0.5) is 0 Å². The predicted molar refractivity (Wildman–Crippen MR) is 124 cm³/mol. The van der Waals surface area contributed by atoms with Crippen LogP contribution in [0.1, 0.15) is 85.3 Å². The van der Waals surface area contributed by atoms with Gasteiger partial charge in [-0.25, -0.2) is 4.79 Å². The van der Waals surface area contributed by atoms with Crippen LogP contribution in [0.5, 0.6) is 0 Å². The van der Waals surface area contributed by atoms with Crippen molar-refractivity contribution in [2.24, 2.45) is 33.5 Å². The maximum Gasteiger partial charge on any atom is 0.339 e. The molecule has 2 saturated heterocycles. The highest BCUT2D eigenvalue weighted by molar-refractivity contribution is 5.86. The minimum atomic E-state index is -0.820. The number of epoxide rings is 1. The molecular formula is C28H36O7. The maximum absolute atomic E-state index is 13.3. The Hall–Kier alpha value is -2.15. The van der Waals surface area contributed by atoms with E-state index >= 15 is 0 Å². The van der Waals surface area contributed by atoms with E-state index in [2.05, 4.69) is 34.6 Å². The fourth-order valence-corrected chi connectivity index (χ4v) is 9.69. The monoisotopic (exact) mass is 484 g/mol. The summed E-state index contributed by atoms with van der Waals surface area (Å²) in [6.07, 6.45) is 5.22. The third kappa shape index (κ3) is 2.53. The van der Waals surface area contributed by atoms with Gasteiger partial charge >= 0.3 is 11.9 Å². The number of rotatable bonds is 2. The second-order valence-corrected chi connectivity index (χ2v) is 12.9. The third-order valence-electron chi connectivity index (χ3n) is 11.3. The molecule has 0 bridgehead atoms. The first kappa shape index (κ1) is 23.3. The van der Waals surface area contributed by atoms with Crippen LogP contribution < -0.4 is 0 Å². The molecule has 6 rings (SSSR count). The van der Waals surface area contributed by atoms with E-state index in [0.29, 0.717) is 12.8 Å². The molecule has 0 aromatic carbocycles. The van der Waals surface area contributed by atoms with Crippen LogP contribution in [0, 0.1) is 33.5 Å². The van der Waals surface area contributed by atoms with Gasteiger partial charge in [0, 0.05) is 35.2 Å². The van der Waals surface area contributed by atoms with Crippen molar-refractivity contribution in [3.05, 3.63) is 24.2 Å². The van der Waals surface area contributed by atoms with Gasteiger partial charge in [-0.2, -0.15) is 0 Å². The van der Waals surface area contributed by atoms with Gasteiger partial charge in [-0.1, -0.05) is 34.6 Å². The Labute approximate surface area is 206 Å². The van der Waals surface area contributed by atoms with E-state index in [1.165, 1.54) is 6.92 Å². The average molecular weight is 485 g/mol. The Morgan fingerprint density at radius 3 is 2.46 bits per heavy atom. The molecule has 1 aromatic heterocycles. The number of fused-ring (bicyclic) bond motifs is 3. The lowest BCUT2D eigenvalue weighted by Gasteiger charge is -2.69. The largest absolute Gasteiger partial charge is 0.472 e. The van der Waals surface area contributed by atoms with Crippen LogP contribution in [0.25, 0.3) is 0 Å². The Morgan fingerprint density at radius 2 is 1.80 bits per heavy atom. The van der Waals surface area contributed by atoms with Crippen molar-refractivity contribution >= 4 is 17.7 Å². The number of carbonyl (C=O) groups excluding carboxylic acids is 3. The van der Waals surface area contributed by atoms with Gasteiger partial charge in [0.05, 0.1) is 12.5 Å². The van der Waals surface area contributed by atoms with E-state index in [9.17, 15) is 14.4 Å². The average Bonchev–Trinajstić information content (AvgIpc) is 3.35. The second-order valence-electron chi connectivity index (χ2n) is 12.9. The smallest absolute Gasteiger partial charge is 0.339 e. The summed E-state index contributed by atoms with van der Waals surface area (Å²) in [6.45, 7) is 12.2. The quantitative estimate of drug-likeness (QED) is 0.440. The summed E-state index contributed by atoms with van der Waals surface area (Å²) < 4.78 is 24.0. The van der Waals surface area contributed by atoms with Gasteiger partial charge in [0.25, 0.3) is 0 Å². The molecule has 0 N–H and O–H groups in total. The van der Waals surface area contributed by atoms with Crippen LogP contribution in [0.3, 0.4) is 0 Å². The highest BCUT2D eigenvalue weighted by atomic mass is 16.7. The van der Waals surface area contributed by atoms with Gasteiger partial charge in [0.2, 0.25) is 0 Å². The highest BCUT2D eigenvalue weighted by Gasteiger charge is 2.88. The summed E-state index contributed by atoms with van der Waals surface area (Å²) in [6, 6.07) is 1.85. The molecule has 1 aromatic rings. The van der Waals surface area contributed by atoms with E-state index < -0.39 is 40.2 Å². The maximum atomic E-state index is 13.3. The molecule has 5 fully saturated rings. The van der Waals surface area contributed by atoms with Gasteiger partial charge in [0.1, 0.15) is 23.6 Å². The molecule has 3 heterocycles. The molecule has 190 valence electrons. The van der Waals surface area contributed by atoms with Crippen LogP contribution in [-0.2, 0) is 28.6 Å². The van der Waals surface area contributed by atoms with Crippen molar-refractivity contribution < 1.29 is 33.0 Å². The number of hydrogen-bond donors (Lipinski definition) is 0. The van der Waals surface area contributed by atoms with Gasteiger partial charge in [-0.15, -0.1) is 0 Å². The highest BCUT2D eigenvalue weighted by Crippen LogP contribution is 2.80. The molecule has 0 amide bonds. The molecule has 2 aliphatic heterocycles. The predicted octanol–water partition coefficient (Wildman–Crippen LogP) is 4.78. The normalized spacial score (nSPS) is 49.6. The number of Topliss-reactive ketones (excluding diaryl/α,β-unsaturated/α-hetero) is 1. The van der Waals surface area contributed by atoms with Crippen LogP contribution >= 0.6 is 0 Å². The number of furan rings is 1. The number of hydrogen-bond acceptors (Lipinski definition) is 7. The van der Waals surface area contributed by atoms with E-state index in [1.807, 2.05) is 6.07 Å². The van der Waals surface area contributed by atoms with E-state index in [4.69, 9.17) is 18.6 Å². The van der Waals surface area contributed by atoms with Crippen molar-refractivity contribution in [3.63, 3.8) is 0 Å². The summed E-state index contributed by atoms with van der Waals surface area (Å²) in [7, 11) is 0. The van der Waals surface area contributed by atoms with Crippen molar-refractivity contribution in [1.29, 1.82) is 0 Å². The summed E-state index contributed by atoms with van der Waals surface area (Å²) >= 11 is 0. The lowest BCUT2D eigenvalue weighted by molar-refractivity contribution is -0.263. The van der Waals surface area contributed by atoms with Gasteiger partial charge in [-0.05, 0) is 49.0 Å². The Kier molecular flexibility index (Phi) is 4.51. The number of cyclic esters (lactones) is 1. The van der Waals surface area contributed by atoms with Crippen LogP contribution in [0.2, 0.25) is 0 Å². The summed E-state index contributed by atoms with van der Waals surface area (Å²) in [4.78, 5) is 38.7. The molecule has 7 heteroatoms. The number of ketones is 1. The number of esters is 2. The fourth-order valence-electron chi connectivity index (χ4n) is 9.69. The van der Waals surface area contributed by atoms with Gasteiger partial charge < -0.3 is 18.6 Å². The van der Waals surface area contributed by atoms with Gasteiger partial charge in [0.15, 0.2) is 6.10 Å². The van der Waals surface area contributed by atoms with Crippen LogP contribution in [-0.4, -0.2) is 35.5 Å². The first-order valence-electron chi connectivity index (χ1n) is 12.9. The first-order chi connectivity index (χ1) is 16.3. The molecule has 3 saturated carbocycles. The lowest BCUT2D eigenvalue weighted by Crippen LogP contribution is -2.73. The molecule has 3 aliphatic carbocycles. The summed E-state index contributed by atoms with van der Waals surface area (Å²) in [5.41, 5.74) is -1.76. The Morgan fingerprint density at radius 1 is 1.06 bits per heavy atom. The van der Waals surface area contributed by atoms with Crippen molar-refractivity contribution in [3.8, 4) is 0 Å². The second kappa shape index (κ2) is 6.78. The van der Waals surface area contributed by atoms with Crippen LogP contribution in [0.15, 0.2) is 23.0 Å². The summed E-state index contributed by atoms with van der Waals surface area (Å²) in [5.74, 6) is -0.213. The summed E-state index contributed by atoms with van der Waals surface area (Å²) in [5, 5.41) is 0. The Balaban J connectivity index is 1.53. The SMILES string of the molecule is CC(=O)O[C@@H]1C[C@H]2C(C)(C)C(=O)CC[C@]2(C)C2CC[C@@]3(C)[C@H](c4ccoc4)OC(=O)[C@H]4O[C@]43[C@@]21C. The molecule has 7 nitrogen and oxygen atoms in total. The number of carbonyl (C=O) groups is 3. The molecule has 35 heavy (non-hydrogen) atoms. The van der Waals surface area contributed by atoms with Gasteiger partial charge in [-0.3, -0.25) is 9.59 Å². The standard InChI is InChI=1S/C28H36O7/c1-15(29)33-20-13-18-24(2,3)19(30)8-10-25(18,4)17-7-11-26(5)21(16-9-12-32-14-16)34-23(31)22-28(26,35-22)27(17,20)6/h9,12,14,17-18,20-22H,7-8,10-11,13H2,1-6H3/t17?,18-,20+,21-,22+,25+,26-,27-,28+/m0/s1. The minimum absolute atomic E-state index is 0.0804. The van der Waals surface area contributed by atoms with E-state index in [0.717, 1.165) is 24.8 Å². The number of ether oxygens (including phenoxy) is 3. The van der Waals surface area contributed by atoms with Crippen molar-refractivity contribution in [2.45, 2.75) is 97.6 Å². The molecule has 1 unspecified atom stereocenters. The van der Waals surface area contributed by atoms with E-state index in [-0.39, 0.29) is 35.0 Å². The molecule has 5 aliphatic rings. The molecule has 9 atom stereocenters. The lowest BCUT2D eigenvalue weighted by atomic mass is 9.35. The minimum Gasteiger partial charge on any atom is -0.472 e. The molecule has 0 radical (unpaired) electrons. The third-order valence-corrected chi connectivity index (χ3v) is 11.3. The zero-order chi connectivity index (χ0) is 25.2. The van der Waals surface area contributed by atoms with Crippen molar-refractivity contribution in [1.82, 2.24) is 0 Å². The first-order valence-corrected chi connectivity index (χ1v) is 12.9. The topological polar surface area (TPSA) is 95.3 Å². The fraction of sp³-hybridized carbons (Fsp3) is 0.750. The van der Waals surface area contributed by atoms with E-state index in [1.54, 1.807) is 12.5 Å². The van der Waals surface area contributed by atoms with Crippen molar-refractivity contribution in [2.75, 3.05) is 0 Å². The Bertz CT molecular complexity index is 1110. The molecule has 1 spiro atoms. The zero-order valence-electron chi connectivity index (χ0n) is 21.5. The zero-order valence-corrected chi connectivity index (χ0v) is 21.5. The molecular weight excluding hydrogens is 448 g/mol.